The summed E-state index contributed by atoms with van der Waals surface area (Å²) in [6.07, 6.45) is 0. The largest absolute Gasteiger partial charge is 0.309 e. The van der Waals surface area contributed by atoms with E-state index in [0.29, 0.717) is 5.39 Å². The van der Waals surface area contributed by atoms with Crippen LogP contribution in [-0.4, -0.2) is 45.9 Å². The number of aromatic nitrogens is 2. The smallest absolute Gasteiger partial charge is 0.258 e. The molecule has 1 aliphatic rings. The molecule has 0 saturated carbocycles. The van der Waals surface area contributed by atoms with Gasteiger partial charge in [0.25, 0.3) is 5.56 Å². The van der Waals surface area contributed by atoms with Gasteiger partial charge < -0.3 is 4.98 Å². The Morgan fingerprint density at radius 1 is 1.04 bits per heavy atom. The standard InChI is InChI=1S/C22H26N4O/c1-16-7-3-4-8-18(16)15-25-11-13-26(14-12-25)17(2)21-23-20-10-6-5-9-19(20)22(27)24-21/h3-10,17H,11-15H2,1-2H3,(H,23,24,27)/t17-/m1/s1. The quantitative estimate of drug-likeness (QED) is 0.775. The third kappa shape index (κ3) is 3.80. The van der Waals surface area contributed by atoms with E-state index in [1.165, 1.54) is 11.1 Å². The van der Waals surface area contributed by atoms with Crippen LogP contribution in [0.3, 0.4) is 0 Å². The molecule has 0 amide bonds. The van der Waals surface area contributed by atoms with Crippen LogP contribution in [0.25, 0.3) is 10.9 Å². The predicted molar refractivity (Wildman–Crippen MR) is 109 cm³/mol. The predicted octanol–water partition coefficient (Wildman–Crippen LogP) is 3.11. The molecule has 5 nitrogen and oxygen atoms in total. The monoisotopic (exact) mass is 362 g/mol. The Labute approximate surface area is 159 Å². The highest BCUT2D eigenvalue weighted by Gasteiger charge is 2.24. The molecule has 0 radical (unpaired) electrons. The SMILES string of the molecule is Cc1ccccc1CN1CCN([C@H](C)c2nc3ccccc3c(=O)[nH]2)CC1. The molecule has 1 saturated heterocycles. The first-order valence-corrected chi connectivity index (χ1v) is 9.61. The third-order valence-electron chi connectivity index (χ3n) is 5.64. The lowest BCUT2D eigenvalue weighted by Gasteiger charge is -2.37. The van der Waals surface area contributed by atoms with Gasteiger partial charge in [0.05, 0.1) is 16.9 Å². The van der Waals surface area contributed by atoms with E-state index < -0.39 is 0 Å². The number of nitrogens with one attached hydrogen (secondary N) is 1. The molecular formula is C22H26N4O. The molecule has 2 aromatic carbocycles. The number of aromatic amines is 1. The molecule has 4 rings (SSSR count). The zero-order valence-corrected chi connectivity index (χ0v) is 16.0. The summed E-state index contributed by atoms with van der Waals surface area (Å²) >= 11 is 0. The third-order valence-corrected chi connectivity index (χ3v) is 5.64. The van der Waals surface area contributed by atoms with Gasteiger partial charge in [-0.1, -0.05) is 36.4 Å². The van der Waals surface area contributed by atoms with E-state index in [9.17, 15) is 4.79 Å². The zero-order chi connectivity index (χ0) is 18.8. The van der Waals surface area contributed by atoms with E-state index in [-0.39, 0.29) is 11.6 Å². The van der Waals surface area contributed by atoms with Gasteiger partial charge in [0.15, 0.2) is 0 Å². The average Bonchev–Trinajstić information content (AvgIpc) is 2.70. The fourth-order valence-corrected chi connectivity index (χ4v) is 3.81. The molecule has 2 heterocycles. The molecule has 27 heavy (non-hydrogen) atoms. The molecule has 140 valence electrons. The Kier molecular flexibility index (Phi) is 5.05. The van der Waals surface area contributed by atoms with Gasteiger partial charge in [-0.05, 0) is 37.1 Å². The van der Waals surface area contributed by atoms with E-state index in [1.807, 2.05) is 24.3 Å². The number of nitrogens with zero attached hydrogens (tertiary/aromatic N) is 3. The Bertz CT molecular complexity index is 989. The van der Waals surface area contributed by atoms with Gasteiger partial charge in [0.1, 0.15) is 5.82 Å². The van der Waals surface area contributed by atoms with Crippen molar-refractivity contribution in [2.24, 2.45) is 0 Å². The number of benzene rings is 2. The topological polar surface area (TPSA) is 52.2 Å². The van der Waals surface area contributed by atoms with Crippen molar-refractivity contribution in [2.45, 2.75) is 26.4 Å². The van der Waals surface area contributed by atoms with Gasteiger partial charge in [-0.3, -0.25) is 14.6 Å². The maximum Gasteiger partial charge on any atom is 0.258 e. The molecular weight excluding hydrogens is 336 g/mol. The first-order valence-electron chi connectivity index (χ1n) is 9.61. The van der Waals surface area contributed by atoms with Crippen LogP contribution in [0.2, 0.25) is 0 Å². The average molecular weight is 362 g/mol. The molecule has 5 heteroatoms. The van der Waals surface area contributed by atoms with Crippen molar-refractivity contribution < 1.29 is 0 Å². The van der Waals surface area contributed by atoms with E-state index >= 15 is 0 Å². The number of H-pyrrole nitrogens is 1. The Morgan fingerprint density at radius 3 is 2.52 bits per heavy atom. The van der Waals surface area contributed by atoms with Crippen molar-refractivity contribution in [3.05, 3.63) is 75.8 Å². The van der Waals surface area contributed by atoms with E-state index in [0.717, 1.165) is 44.1 Å². The summed E-state index contributed by atoms with van der Waals surface area (Å²) in [5, 5.41) is 0.650. The molecule has 1 aromatic heterocycles. The van der Waals surface area contributed by atoms with Crippen LogP contribution in [0.5, 0.6) is 0 Å². The summed E-state index contributed by atoms with van der Waals surface area (Å²) in [5.74, 6) is 0.756. The molecule has 3 aromatic rings. The van der Waals surface area contributed by atoms with E-state index in [1.54, 1.807) is 0 Å². The van der Waals surface area contributed by atoms with Gasteiger partial charge in [-0.15, -0.1) is 0 Å². The molecule has 0 spiro atoms. The summed E-state index contributed by atoms with van der Waals surface area (Å²) in [6, 6.07) is 16.2. The van der Waals surface area contributed by atoms with Crippen LogP contribution < -0.4 is 5.56 Å². The minimum atomic E-state index is -0.0550. The maximum absolute atomic E-state index is 12.4. The number of hydrogen-bond acceptors (Lipinski definition) is 4. The number of fused-ring (bicyclic) bond motifs is 1. The van der Waals surface area contributed by atoms with Crippen molar-refractivity contribution in [1.29, 1.82) is 0 Å². The Balaban J connectivity index is 1.44. The highest BCUT2D eigenvalue weighted by molar-refractivity contribution is 5.77. The van der Waals surface area contributed by atoms with Gasteiger partial charge >= 0.3 is 0 Å². The van der Waals surface area contributed by atoms with Crippen molar-refractivity contribution in [3.63, 3.8) is 0 Å². The normalized spacial score (nSPS) is 17.3. The zero-order valence-electron chi connectivity index (χ0n) is 16.0. The van der Waals surface area contributed by atoms with Crippen molar-refractivity contribution in [3.8, 4) is 0 Å². The minimum Gasteiger partial charge on any atom is -0.309 e. The lowest BCUT2D eigenvalue weighted by atomic mass is 10.1. The second kappa shape index (κ2) is 7.62. The molecule has 0 aliphatic carbocycles. The maximum atomic E-state index is 12.4. The Hall–Kier alpha value is -2.50. The lowest BCUT2D eigenvalue weighted by Crippen LogP contribution is -2.47. The van der Waals surface area contributed by atoms with Crippen LogP contribution in [0.1, 0.15) is 29.9 Å². The van der Waals surface area contributed by atoms with Crippen molar-refractivity contribution >= 4 is 10.9 Å². The van der Waals surface area contributed by atoms with Crippen molar-refractivity contribution in [1.82, 2.24) is 19.8 Å². The molecule has 1 N–H and O–H groups in total. The van der Waals surface area contributed by atoms with Crippen molar-refractivity contribution in [2.75, 3.05) is 26.2 Å². The minimum absolute atomic E-state index is 0.0550. The van der Waals surface area contributed by atoms with Crippen LogP contribution in [-0.2, 0) is 6.54 Å². The summed E-state index contributed by atoms with van der Waals surface area (Å²) in [5.41, 5.74) is 3.47. The van der Waals surface area contributed by atoms with Gasteiger partial charge in [-0.2, -0.15) is 0 Å². The van der Waals surface area contributed by atoms with Crippen LogP contribution in [0.15, 0.2) is 53.3 Å². The summed E-state index contributed by atoms with van der Waals surface area (Å²) in [7, 11) is 0. The first-order chi connectivity index (χ1) is 13.1. The van der Waals surface area contributed by atoms with E-state index in [2.05, 4.69) is 52.9 Å². The van der Waals surface area contributed by atoms with Crippen LogP contribution in [0.4, 0.5) is 0 Å². The summed E-state index contributed by atoms with van der Waals surface area (Å²) < 4.78 is 0. The first kappa shape index (κ1) is 17.9. The molecule has 0 bridgehead atoms. The number of para-hydroxylation sites is 1. The fraction of sp³-hybridized carbons (Fsp3) is 0.364. The molecule has 1 aliphatic heterocycles. The number of aryl methyl sites for hydroxylation is 1. The number of rotatable bonds is 4. The Morgan fingerprint density at radius 2 is 1.74 bits per heavy atom. The fourth-order valence-electron chi connectivity index (χ4n) is 3.81. The summed E-state index contributed by atoms with van der Waals surface area (Å²) in [6.45, 7) is 9.31. The molecule has 1 fully saturated rings. The van der Waals surface area contributed by atoms with Gasteiger partial charge in [0, 0.05) is 32.7 Å². The lowest BCUT2D eigenvalue weighted by molar-refractivity contribution is 0.0947. The number of piperazine rings is 1. The van der Waals surface area contributed by atoms with Crippen LogP contribution in [0, 0.1) is 6.92 Å². The molecule has 0 unspecified atom stereocenters. The van der Waals surface area contributed by atoms with Crippen LogP contribution >= 0.6 is 0 Å². The number of hydrogen-bond donors (Lipinski definition) is 1. The second-order valence-electron chi connectivity index (χ2n) is 7.38. The van der Waals surface area contributed by atoms with Gasteiger partial charge in [-0.25, -0.2) is 4.98 Å². The second-order valence-corrected chi connectivity index (χ2v) is 7.38. The molecule has 1 atom stereocenters. The summed E-state index contributed by atoms with van der Waals surface area (Å²) in [4.78, 5) is 24.9. The van der Waals surface area contributed by atoms with E-state index in [4.69, 9.17) is 4.98 Å². The van der Waals surface area contributed by atoms with Gasteiger partial charge in [0.2, 0.25) is 0 Å². The highest BCUT2D eigenvalue weighted by Crippen LogP contribution is 2.20. The highest BCUT2D eigenvalue weighted by atomic mass is 16.1.